The molecule has 1 unspecified atom stereocenters. The van der Waals surface area contributed by atoms with Gasteiger partial charge in [-0.1, -0.05) is 12.1 Å². The van der Waals surface area contributed by atoms with Crippen LogP contribution in [-0.4, -0.2) is 18.6 Å². The average Bonchev–Trinajstić information content (AvgIpc) is 2.47. The molecule has 1 aromatic carbocycles. The Balaban J connectivity index is 2.28. The van der Waals surface area contributed by atoms with Crippen molar-refractivity contribution in [3.05, 3.63) is 48.2 Å². The average molecular weight is 271 g/mol. The van der Waals surface area contributed by atoms with Gasteiger partial charge in [0.25, 0.3) is 0 Å². The van der Waals surface area contributed by atoms with E-state index in [1.54, 1.807) is 6.20 Å². The highest BCUT2D eigenvalue weighted by atomic mass is 16.5. The van der Waals surface area contributed by atoms with Gasteiger partial charge in [0.15, 0.2) is 11.6 Å². The van der Waals surface area contributed by atoms with Crippen molar-refractivity contribution < 1.29 is 4.74 Å². The molecule has 1 heterocycles. The first-order valence-corrected chi connectivity index (χ1v) is 6.79. The molecule has 0 spiro atoms. The molecule has 0 amide bonds. The normalized spacial score (nSPS) is 11.9. The molecule has 0 aliphatic carbocycles. The minimum atomic E-state index is 0.160. The van der Waals surface area contributed by atoms with E-state index in [0.717, 1.165) is 22.8 Å². The summed E-state index contributed by atoms with van der Waals surface area (Å²) in [5, 5.41) is 0. The highest BCUT2D eigenvalue weighted by molar-refractivity contribution is 5.54. The number of pyridine rings is 1. The number of hydrogen-bond donors (Lipinski definition) is 1. The monoisotopic (exact) mass is 271 g/mol. The standard InChI is InChI=1S/C16H21N3O/c1-4-20-15-9-6-10-18-16(15)19(3)12(2)13-7-5-8-14(17)11-13/h5-12H,4,17H2,1-3H3. The van der Waals surface area contributed by atoms with Crippen LogP contribution in [0.3, 0.4) is 0 Å². The van der Waals surface area contributed by atoms with Crippen LogP contribution in [0.2, 0.25) is 0 Å². The predicted octanol–water partition coefficient (Wildman–Crippen LogP) is 3.26. The number of nitrogens with two attached hydrogens (primary N) is 1. The first-order chi connectivity index (χ1) is 9.63. The van der Waals surface area contributed by atoms with Gasteiger partial charge < -0.3 is 15.4 Å². The Kier molecular flexibility index (Phi) is 4.45. The van der Waals surface area contributed by atoms with Gasteiger partial charge in [-0.2, -0.15) is 0 Å². The zero-order valence-corrected chi connectivity index (χ0v) is 12.2. The summed E-state index contributed by atoms with van der Waals surface area (Å²) in [5.41, 5.74) is 7.78. The third kappa shape index (κ3) is 3.02. The lowest BCUT2D eigenvalue weighted by Crippen LogP contribution is -2.23. The quantitative estimate of drug-likeness (QED) is 0.848. The fourth-order valence-electron chi connectivity index (χ4n) is 2.14. The summed E-state index contributed by atoms with van der Waals surface area (Å²) < 4.78 is 5.64. The van der Waals surface area contributed by atoms with Crippen molar-refractivity contribution in [2.45, 2.75) is 19.9 Å². The molecular formula is C16H21N3O. The molecule has 106 valence electrons. The molecule has 2 aromatic rings. The van der Waals surface area contributed by atoms with Crippen molar-refractivity contribution in [2.75, 3.05) is 24.3 Å². The first-order valence-electron chi connectivity index (χ1n) is 6.79. The van der Waals surface area contributed by atoms with Gasteiger partial charge in [-0.15, -0.1) is 0 Å². The number of aromatic nitrogens is 1. The topological polar surface area (TPSA) is 51.4 Å². The van der Waals surface area contributed by atoms with Gasteiger partial charge in [-0.25, -0.2) is 4.98 Å². The minimum absolute atomic E-state index is 0.160. The van der Waals surface area contributed by atoms with Crippen molar-refractivity contribution in [1.82, 2.24) is 4.98 Å². The Labute approximate surface area is 120 Å². The van der Waals surface area contributed by atoms with Crippen LogP contribution < -0.4 is 15.4 Å². The van der Waals surface area contributed by atoms with E-state index in [9.17, 15) is 0 Å². The lowest BCUT2D eigenvalue weighted by atomic mass is 10.1. The number of anilines is 2. The van der Waals surface area contributed by atoms with Gasteiger partial charge in [-0.3, -0.25) is 0 Å². The Morgan fingerprint density at radius 3 is 2.80 bits per heavy atom. The van der Waals surface area contributed by atoms with E-state index in [2.05, 4.69) is 22.9 Å². The van der Waals surface area contributed by atoms with Crippen LogP contribution in [0.15, 0.2) is 42.6 Å². The predicted molar refractivity (Wildman–Crippen MR) is 83.1 cm³/mol. The van der Waals surface area contributed by atoms with Crippen LogP contribution >= 0.6 is 0 Å². The molecule has 0 aliphatic heterocycles. The van der Waals surface area contributed by atoms with E-state index < -0.39 is 0 Å². The summed E-state index contributed by atoms with van der Waals surface area (Å²) in [6, 6.07) is 11.9. The Hall–Kier alpha value is -2.23. The summed E-state index contributed by atoms with van der Waals surface area (Å²) in [7, 11) is 2.01. The van der Waals surface area contributed by atoms with Crippen LogP contribution in [-0.2, 0) is 0 Å². The number of hydrogen-bond acceptors (Lipinski definition) is 4. The highest BCUT2D eigenvalue weighted by Crippen LogP contribution is 2.31. The zero-order chi connectivity index (χ0) is 14.5. The summed E-state index contributed by atoms with van der Waals surface area (Å²) in [6.45, 7) is 4.72. The molecule has 0 radical (unpaired) electrons. The van der Waals surface area contributed by atoms with Crippen molar-refractivity contribution in [2.24, 2.45) is 0 Å². The van der Waals surface area contributed by atoms with E-state index in [0.29, 0.717) is 6.61 Å². The number of benzene rings is 1. The molecule has 0 bridgehead atoms. The molecule has 2 N–H and O–H groups in total. The molecule has 20 heavy (non-hydrogen) atoms. The number of nitrogen functional groups attached to an aromatic ring is 1. The summed E-state index contributed by atoms with van der Waals surface area (Å²) in [6.07, 6.45) is 1.78. The second kappa shape index (κ2) is 6.28. The van der Waals surface area contributed by atoms with E-state index >= 15 is 0 Å². The highest BCUT2D eigenvalue weighted by Gasteiger charge is 2.17. The van der Waals surface area contributed by atoms with E-state index in [1.165, 1.54) is 0 Å². The van der Waals surface area contributed by atoms with Gasteiger partial charge in [0.1, 0.15) is 0 Å². The second-order valence-electron chi connectivity index (χ2n) is 4.72. The van der Waals surface area contributed by atoms with Crippen LogP contribution in [0.25, 0.3) is 0 Å². The molecule has 0 fully saturated rings. The van der Waals surface area contributed by atoms with Gasteiger partial charge in [0.2, 0.25) is 0 Å². The fourth-order valence-corrected chi connectivity index (χ4v) is 2.14. The number of ether oxygens (including phenoxy) is 1. The Bertz CT molecular complexity index is 571. The molecule has 2 rings (SSSR count). The lowest BCUT2D eigenvalue weighted by Gasteiger charge is -2.27. The third-order valence-corrected chi connectivity index (χ3v) is 3.36. The molecule has 4 nitrogen and oxygen atoms in total. The lowest BCUT2D eigenvalue weighted by molar-refractivity contribution is 0.338. The van der Waals surface area contributed by atoms with Crippen LogP contribution in [0.1, 0.15) is 25.5 Å². The summed E-state index contributed by atoms with van der Waals surface area (Å²) >= 11 is 0. The van der Waals surface area contributed by atoms with E-state index in [1.807, 2.05) is 44.3 Å². The number of nitrogens with zero attached hydrogens (tertiary/aromatic N) is 2. The van der Waals surface area contributed by atoms with Crippen LogP contribution in [0.4, 0.5) is 11.5 Å². The largest absolute Gasteiger partial charge is 0.490 e. The maximum absolute atomic E-state index is 5.85. The molecular weight excluding hydrogens is 250 g/mol. The molecule has 0 aliphatic rings. The van der Waals surface area contributed by atoms with Crippen molar-refractivity contribution >= 4 is 11.5 Å². The van der Waals surface area contributed by atoms with Gasteiger partial charge >= 0.3 is 0 Å². The fraction of sp³-hybridized carbons (Fsp3) is 0.312. The van der Waals surface area contributed by atoms with E-state index in [-0.39, 0.29) is 6.04 Å². The molecule has 1 aromatic heterocycles. The summed E-state index contributed by atoms with van der Waals surface area (Å²) in [4.78, 5) is 6.53. The Morgan fingerprint density at radius 1 is 1.30 bits per heavy atom. The first kappa shape index (κ1) is 14.2. The maximum atomic E-state index is 5.85. The molecule has 0 saturated heterocycles. The van der Waals surface area contributed by atoms with Crippen molar-refractivity contribution in [1.29, 1.82) is 0 Å². The zero-order valence-electron chi connectivity index (χ0n) is 12.2. The maximum Gasteiger partial charge on any atom is 0.171 e. The van der Waals surface area contributed by atoms with Crippen molar-refractivity contribution in [3.8, 4) is 5.75 Å². The van der Waals surface area contributed by atoms with Gasteiger partial charge in [0.05, 0.1) is 12.6 Å². The van der Waals surface area contributed by atoms with E-state index in [4.69, 9.17) is 10.5 Å². The Morgan fingerprint density at radius 2 is 2.10 bits per heavy atom. The molecule has 1 atom stereocenters. The van der Waals surface area contributed by atoms with Gasteiger partial charge in [-0.05, 0) is 43.7 Å². The van der Waals surface area contributed by atoms with Crippen LogP contribution in [0, 0.1) is 0 Å². The SMILES string of the molecule is CCOc1cccnc1N(C)C(C)c1cccc(N)c1. The third-order valence-electron chi connectivity index (χ3n) is 3.36. The van der Waals surface area contributed by atoms with Crippen molar-refractivity contribution in [3.63, 3.8) is 0 Å². The number of rotatable bonds is 5. The smallest absolute Gasteiger partial charge is 0.171 e. The molecule has 0 saturated carbocycles. The van der Waals surface area contributed by atoms with Crippen LogP contribution in [0.5, 0.6) is 5.75 Å². The minimum Gasteiger partial charge on any atom is -0.490 e. The molecule has 4 heteroatoms. The second-order valence-corrected chi connectivity index (χ2v) is 4.72. The summed E-state index contributed by atoms with van der Waals surface area (Å²) in [5.74, 6) is 1.64. The van der Waals surface area contributed by atoms with Gasteiger partial charge in [0, 0.05) is 18.9 Å².